The summed E-state index contributed by atoms with van der Waals surface area (Å²) in [6, 6.07) is 7.46. The summed E-state index contributed by atoms with van der Waals surface area (Å²) in [5.41, 5.74) is 0.906. The summed E-state index contributed by atoms with van der Waals surface area (Å²) in [7, 11) is 0. The molecule has 1 aliphatic heterocycles. The number of hydrogen-bond donors (Lipinski definition) is 2. The number of carbonyl (C=O) groups is 1. The third-order valence-electron chi connectivity index (χ3n) is 4.44. The topological polar surface area (TPSA) is 66.9 Å². The van der Waals surface area contributed by atoms with Crippen LogP contribution in [-0.4, -0.2) is 29.2 Å². The molecule has 25 heavy (non-hydrogen) atoms. The van der Waals surface area contributed by atoms with Crippen molar-refractivity contribution in [3.63, 3.8) is 0 Å². The van der Waals surface area contributed by atoms with Crippen molar-refractivity contribution in [2.75, 3.05) is 18.4 Å². The lowest BCUT2D eigenvalue weighted by Crippen LogP contribution is -2.32. The molecule has 2 heterocycles. The van der Waals surface area contributed by atoms with Crippen LogP contribution in [0.2, 0.25) is 5.02 Å². The summed E-state index contributed by atoms with van der Waals surface area (Å²) in [6.07, 6.45) is 2.81. The van der Waals surface area contributed by atoms with Gasteiger partial charge in [-0.25, -0.2) is 0 Å². The first kappa shape index (κ1) is 20.1. The summed E-state index contributed by atoms with van der Waals surface area (Å²) < 4.78 is 0. The van der Waals surface area contributed by atoms with Gasteiger partial charge in [-0.2, -0.15) is 0 Å². The molecule has 8 heteroatoms. The van der Waals surface area contributed by atoms with Crippen LogP contribution in [0.3, 0.4) is 0 Å². The van der Waals surface area contributed by atoms with Crippen LogP contribution in [0.4, 0.5) is 5.13 Å². The van der Waals surface area contributed by atoms with E-state index in [0.717, 1.165) is 36.5 Å². The van der Waals surface area contributed by atoms with Crippen LogP contribution in [0.5, 0.6) is 0 Å². The maximum Gasteiger partial charge on any atom is 0.226 e. The molecule has 1 aliphatic rings. The average Bonchev–Trinajstić information content (AvgIpc) is 3.04. The average molecular weight is 401 g/mol. The van der Waals surface area contributed by atoms with Crippen molar-refractivity contribution < 1.29 is 4.79 Å². The molecule has 5 nitrogen and oxygen atoms in total. The van der Waals surface area contributed by atoms with Crippen LogP contribution in [0.25, 0.3) is 10.6 Å². The van der Waals surface area contributed by atoms with Gasteiger partial charge < -0.3 is 10.6 Å². The fraction of sp³-hybridized carbons (Fsp3) is 0.471. The van der Waals surface area contributed by atoms with Crippen LogP contribution in [0.15, 0.2) is 24.3 Å². The van der Waals surface area contributed by atoms with E-state index in [4.69, 9.17) is 11.6 Å². The highest BCUT2D eigenvalue weighted by molar-refractivity contribution is 7.18. The van der Waals surface area contributed by atoms with Gasteiger partial charge in [-0.1, -0.05) is 42.0 Å². The van der Waals surface area contributed by atoms with E-state index in [1.165, 1.54) is 11.3 Å². The van der Waals surface area contributed by atoms with Gasteiger partial charge in [0.15, 0.2) is 0 Å². The Morgan fingerprint density at radius 3 is 2.88 bits per heavy atom. The predicted octanol–water partition coefficient (Wildman–Crippen LogP) is 4.24. The zero-order chi connectivity index (χ0) is 16.9. The Balaban J connectivity index is 0.00000225. The Morgan fingerprint density at radius 1 is 1.40 bits per heavy atom. The molecule has 0 bridgehead atoms. The Bertz CT molecular complexity index is 703. The highest BCUT2D eigenvalue weighted by Gasteiger charge is 2.22. The van der Waals surface area contributed by atoms with E-state index in [1.807, 2.05) is 24.3 Å². The number of benzene rings is 1. The molecule has 1 unspecified atom stereocenters. The van der Waals surface area contributed by atoms with E-state index in [-0.39, 0.29) is 18.3 Å². The maximum absolute atomic E-state index is 12.3. The molecule has 1 atom stereocenters. The maximum atomic E-state index is 12.3. The van der Waals surface area contributed by atoms with E-state index in [9.17, 15) is 4.79 Å². The predicted molar refractivity (Wildman–Crippen MR) is 106 cm³/mol. The summed E-state index contributed by atoms with van der Waals surface area (Å²) in [5.74, 6) is 1.01. The molecule has 136 valence electrons. The number of halogens is 2. The van der Waals surface area contributed by atoms with E-state index >= 15 is 0 Å². The quantitative estimate of drug-likeness (QED) is 0.786. The number of anilines is 1. The lowest BCUT2D eigenvalue weighted by molar-refractivity contribution is -0.117. The second-order valence-electron chi connectivity index (χ2n) is 6.24. The Morgan fingerprint density at radius 2 is 2.16 bits per heavy atom. The fourth-order valence-corrected chi connectivity index (χ4v) is 4.00. The minimum atomic E-state index is 0. The number of rotatable bonds is 5. The van der Waals surface area contributed by atoms with Crippen LogP contribution in [0, 0.1) is 11.8 Å². The van der Waals surface area contributed by atoms with Crippen molar-refractivity contribution in [1.29, 1.82) is 0 Å². The van der Waals surface area contributed by atoms with Crippen molar-refractivity contribution in [1.82, 2.24) is 15.5 Å². The number of piperidine rings is 1. The lowest BCUT2D eigenvalue weighted by atomic mass is 9.84. The molecule has 2 N–H and O–H groups in total. The molecule has 1 saturated heterocycles. The van der Waals surface area contributed by atoms with Gasteiger partial charge in [-0.3, -0.25) is 4.79 Å². The number of nitrogens with one attached hydrogen (secondary N) is 2. The molecule has 1 aromatic carbocycles. The van der Waals surface area contributed by atoms with Gasteiger partial charge in [-0.05, 0) is 49.9 Å². The fourth-order valence-electron chi connectivity index (χ4n) is 3.05. The van der Waals surface area contributed by atoms with E-state index in [0.29, 0.717) is 28.4 Å². The highest BCUT2D eigenvalue weighted by Crippen LogP contribution is 2.29. The summed E-state index contributed by atoms with van der Waals surface area (Å²) in [4.78, 5) is 12.3. The largest absolute Gasteiger partial charge is 0.317 e. The summed E-state index contributed by atoms with van der Waals surface area (Å²) in [6.45, 7) is 4.26. The molecule has 0 saturated carbocycles. The zero-order valence-electron chi connectivity index (χ0n) is 14.0. The second kappa shape index (κ2) is 9.48. The lowest BCUT2D eigenvalue weighted by Gasteiger charge is -2.27. The first-order valence-electron chi connectivity index (χ1n) is 8.22. The highest BCUT2D eigenvalue weighted by atomic mass is 35.5. The SMILES string of the molecule is CC(CC(=O)Nc1nnc(-c2cccc(Cl)c2)s1)C1CCNCC1.Cl. The molecule has 0 spiro atoms. The minimum Gasteiger partial charge on any atom is -0.317 e. The molecule has 0 aliphatic carbocycles. The van der Waals surface area contributed by atoms with Gasteiger partial charge in [0.2, 0.25) is 11.0 Å². The van der Waals surface area contributed by atoms with Crippen molar-refractivity contribution >= 4 is 46.4 Å². The summed E-state index contributed by atoms with van der Waals surface area (Å²) >= 11 is 7.36. The van der Waals surface area contributed by atoms with Gasteiger partial charge in [0, 0.05) is 17.0 Å². The van der Waals surface area contributed by atoms with Crippen molar-refractivity contribution in [2.24, 2.45) is 11.8 Å². The van der Waals surface area contributed by atoms with Gasteiger partial charge in [0.1, 0.15) is 5.01 Å². The van der Waals surface area contributed by atoms with E-state index < -0.39 is 0 Å². The first-order valence-corrected chi connectivity index (χ1v) is 9.41. The van der Waals surface area contributed by atoms with Gasteiger partial charge in [0.25, 0.3) is 0 Å². The molecule has 3 rings (SSSR count). The molecule has 2 aromatic rings. The third kappa shape index (κ3) is 5.64. The smallest absolute Gasteiger partial charge is 0.226 e. The monoisotopic (exact) mass is 400 g/mol. The molecule has 1 aromatic heterocycles. The number of amides is 1. The van der Waals surface area contributed by atoms with Crippen molar-refractivity contribution in [3.8, 4) is 10.6 Å². The molecule has 0 radical (unpaired) electrons. The second-order valence-corrected chi connectivity index (χ2v) is 7.65. The number of aromatic nitrogens is 2. The van der Waals surface area contributed by atoms with E-state index in [1.54, 1.807) is 0 Å². The zero-order valence-corrected chi connectivity index (χ0v) is 16.4. The Labute approximate surface area is 163 Å². The van der Waals surface area contributed by atoms with Gasteiger partial charge in [0.05, 0.1) is 0 Å². The standard InChI is InChI=1S/C17H21ClN4OS.ClH/c1-11(12-5-7-19-8-6-12)9-15(23)20-17-22-21-16(24-17)13-3-2-4-14(18)10-13;/h2-4,10-12,19H,5-9H2,1H3,(H,20,22,23);1H. The van der Waals surface area contributed by atoms with Crippen LogP contribution in [-0.2, 0) is 4.79 Å². The van der Waals surface area contributed by atoms with Crippen LogP contribution >= 0.6 is 35.3 Å². The molecule has 1 fully saturated rings. The minimum absolute atomic E-state index is 0. The molecular weight excluding hydrogens is 379 g/mol. The van der Waals surface area contributed by atoms with Crippen molar-refractivity contribution in [2.45, 2.75) is 26.2 Å². The van der Waals surface area contributed by atoms with Gasteiger partial charge in [-0.15, -0.1) is 22.6 Å². The van der Waals surface area contributed by atoms with E-state index in [2.05, 4.69) is 27.8 Å². The van der Waals surface area contributed by atoms with Crippen LogP contribution < -0.4 is 10.6 Å². The third-order valence-corrected chi connectivity index (χ3v) is 5.56. The number of nitrogens with zero attached hydrogens (tertiary/aromatic N) is 2. The van der Waals surface area contributed by atoms with Crippen molar-refractivity contribution in [3.05, 3.63) is 29.3 Å². The van der Waals surface area contributed by atoms with Crippen LogP contribution in [0.1, 0.15) is 26.2 Å². The number of hydrogen-bond acceptors (Lipinski definition) is 5. The summed E-state index contributed by atoms with van der Waals surface area (Å²) in [5, 5.41) is 16.4. The normalized spacial score (nSPS) is 16.1. The molecule has 1 amide bonds. The first-order chi connectivity index (χ1) is 11.6. The van der Waals surface area contributed by atoms with Gasteiger partial charge >= 0.3 is 0 Å². The number of carbonyl (C=O) groups excluding carboxylic acids is 1. The Kier molecular flexibility index (Phi) is 7.62. The Hall–Kier alpha value is -1.21. The molecular formula is C17H22Cl2N4OS.